The number of piperidine rings is 1. The average molecular weight is 237 g/mol. The smallest absolute Gasteiger partial charge is 0.165 e. The molecule has 0 radical (unpaired) electrons. The fourth-order valence-electron chi connectivity index (χ4n) is 2.46. The van der Waals surface area contributed by atoms with Crippen LogP contribution in [0.4, 0.5) is 10.2 Å². The first-order valence-corrected chi connectivity index (χ1v) is 6.25. The summed E-state index contributed by atoms with van der Waals surface area (Å²) in [6.45, 7) is 4.00. The zero-order valence-corrected chi connectivity index (χ0v) is 10.5. The number of halogens is 1. The summed E-state index contributed by atoms with van der Waals surface area (Å²) in [5, 5.41) is 3.29. The third kappa shape index (κ3) is 2.75. The standard InChI is InChI=1S/C13H20FN3/c1-10(15-2)11-5-8-17(9-6-11)13-12(14)4-3-7-16-13/h3-4,7,10-11,15H,5-6,8-9H2,1-2H3. The van der Waals surface area contributed by atoms with Crippen molar-refractivity contribution in [3.8, 4) is 0 Å². The second-order valence-electron chi connectivity index (χ2n) is 4.71. The van der Waals surface area contributed by atoms with Gasteiger partial charge in [-0.25, -0.2) is 9.37 Å². The molecule has 1 atom stereocenters. The Balaban J connectivity index is 1.98. The van der Waals surface area contributed by atoms with Crippen LogP contribution in [-0.2, 0) is 0 Å². The van der Waals surface area contributed by atoms with Gasteiger partial charge < -0.3 is 10.2 Å². The van der Waals surface area contributed by atoms with E-state index in [1.165, 1.54) is 6.07 Å². The lowest BCUT2D eigenvalue weighted by molar-refractivity contribution is 0.322. The molecule has 1 aliphatic rings. The highest BCUT2D eigenvalue weighted by Gasteiger charge is 2.24. The van der Waals surface area contributed by atoms with Gasteiger partial charge >= 0.3 is 0 Å². The first kappa shape index (κ1) is 12.3. The Kier molecular flexibility index (Phi) is 3.94. The van der Waals surface area contributed by atoms with Crippen LogP contribution in [-0.4, -0.2) is 31.2 Å². The van der Waals surface area contributed by atoms with Gasteiger partial charge in [0, 0.05) is 25.3 Å². The van der Waals surface area contributed by atoms with Crippen molar-refractivity contribution in [2.24, 2.45) is 5.92 Å². The second kappa shape index (κ2) is 5.45. The van der Waals surface area contributed by atoms with Gasteiger partial charge in [-0.1, -0.05) is 0 Å². The summed E-state index contributed by atoms with van der Waals surface area (Å²) >= 11 is 0. The number of rotatable bonds is 3. The average Bonchev–Trinajstić information content (AvgIpc) is 2.39. The van der Waals surface area contributed by atoms with E-state index in [0.29, 0.717) is 17.8 Å². The Morgan fingerprint density at radius 2 is 2.18 bits per heavy atom. The van der Waals surface area contributed by atoms with Crippen LogP contribution >= 0.6 is 0 Å². The third-order valence-electron chi connectivity index (χ3n) is 3.74. The van der Waals surface area contributed by atoms with E-state index >= 15 is 0 Å². The SMILES string of the molecule is CNC(C)C1CCN(c2ncccc2F)CC1. The molecule has 2 heterocycles. The van der Waals surface area contributed by atoms with Crippen LogP contribution in [0.2, 0.25) is 0 Å². The topological polar surface area (TPSA) is 28.2 Å². The van der Waals surface area contributed by atoms with E-state index < -0.39 is 0 Å². The van der Waals surface area contributed by atoms with Crippen molar-refractivity contribution < 1.29 is 4.39 Å². The van der Waals surface area contributed by atoms with Crippen LogP contribution in [0.15, 0.2) is 18.3 Å². The summed E-state index contributed by atoms with van der Waals surface area (Å²) in [4.78, 5) is 6.18. The molecule has 0 saturated carbocycles. The highest BCUT2D eigenvalue weighted by Crippen LogP contribution is 2.25. The van der Waals surface area contributed by atoms with Crippen LogP contribution in [0.5, 0.6) is 0 Å². The van der Waals surface area contributed by atoms with Gasteiger partial charge in [0.05, 0.1) is 0 Å². The minimum Gasteiger partial charge on any atom is -0.354 e. The van der Waals surface area contributed by atoms with Crippen molar-refractivity contribution in [3.05, 3.63) is 24.1 Å². The Bertz CT molecular complexity index is 361. The lowest BCUT2D eigenvalue weighted by Crippen LogP contribution is -2.41. The second-order valence-corrected chi connectivity index (χ2v) is 4.71. The van der Waals surface area contributed by atoms with Crippen LogP contribution in [0.25, 0.3) is 0 Å². The molecular weight excluding hydrogens is 217 g/mol. The summed E-state index contributed by atoms with van der Waals surface area (Å²) in [6, 6.07) is 3.64. The minimum absolute atomic E-state index is 0.215. The molecule has 1 aromatic heterocycles. The number of nitrogens with zero attached hydrogens (tertiary/aromatic N) is 2. The number of anilines is 1. The molecule has 94 valence electrons. The van der Waals surface area contributed by atoms with Crippen molar-refractivity contribution in [3.63, 3.8) is 0 Å². The van der Waals surface area contributed by atoms with E-state index in [1.54, 1.807) is 12.3 Å². The lowest BCUT2D eigenvalue weighted by atomic mass is 9.90. The molecular formula is C13H20FN3. The molecule has 1 fully saturated rings. The first-order valence-electron chi connectivity index (χ1n) is 6.25. The lowest BCUT2D eigenvalue weighted by Gasteiger charge is -2.35. The van der Waals surface area contributed by atoms with Crippen molar-refractivity contribution in [2.45, 2.75) is 25.8 Å². The third-order valence-corrected chi connectivity index (χ3v) is 3.74. The number of hydrogen-bond donors (Lipinski definition) is 1. The maximum Gasteiger partial charge on any atom is 0.165 e. The van der Waals surface area contributed by atoms with Gasteiger partial charge in [-0.15, -0.1) is 0 Å². The number of aromatic nitrogens is 1. The van der Waals surface area contributed by atoms with E-state index in [4.69, 9.17) is 0 Å². The Labute approximate surface area is 102 Å². The maximum atomic E-state index is 13.6. The molecule has 0 amide bonds. The van der Waals surface area contributed by atoms with Gasteiger partial charge in [0.2, 0.25) is 0 Å². The summed E-state index contributed by atoms with van der Waals surface area (Å²) in [5.41, 5.74) is 0. The van der Waals surface area contributed by atoms with Gasteiger partial charge in [-0.2, -0.15) is 0 Å². The Morgan fingerprint density at radius 1 is 1.47 bits per heavy atom. The molecule has 1 N–H and O–H groups in total. The molecule has 0 bridgehead atoms. The molecule has 1 saturated heterocycles. The van der Waals surface area contributed by atoms with Crippen LogP contribution in [0, 0.1) is 11.7 Å². The largest absolute Gasteiger partial charge is 0.354 e. The van der Waals surface area contributed by atoms with E-state index in [9.17, 15) is 4.39 Å². The molecule has 0 aliphatic carbocycles. The summed E-state index contributed by atoms with van der Waals surface area (Å²) in [6.07, 6.45) is 3.84. The van der Waals surface area contributed by atoms with Crippen molar-refractivity contribution >= 4 is 5.82 Å². The number of pyridine rings is 1. The predicted octanol–water partition coefficient (Wildman–Crippen LogP) is 2.04. The van der Waals surface area contributed by atoms with E-state index in [0.717, 1.165) is 25.9 Å². The fraction of sp³-hybridized carbons (Fsp3) is 0.615. The van der Waals surface area contributed by atoms with Crippen molar-refractivity contribution in [1.82, 2.24) is 10.3 Å². The van der Waals surface area contributed by atoms with Crippen molar-refractivity contribution in [2.75, 3.05) is 25.0 Å². The maximum absolute atomic E-state index is 13.6. The highest BCUT2D eigenvalue weighted by molar-refractivity contribution is 5.39. The monoisotopic (exact) mass is 237 g/mol. The molecule has 4 heteroatoms. The van der Waals surface area contributed by atoms with Gasteiger partial charge in [-0.05, 0) is 44.9 Å². The predicted molar refractivity (Wildman–Crippen MR) is 67.7 cm³/mol. The van der Waals surface area contributed by atoms with Gasteiger partial charge in [-0.3, -0.25) is 0 Å². The zero-order valence-electron chi connectivity index (χ0n) is 10.5. The minimum atomic E-state index is -0.215. The Morgan fingerprint density at radius 3 is 2.76 bits per heavy atom. The number of nitrogens with one attached hydrogen (secondary N) is 1. The first-order chi connectivity index (χ1) is 8.22. The Hall–Kier alpha value is -1.16. The summed E-state index contributed by atoms with van der Waals surface area (Å²) in [5.74, 6) is 0.971. The molecule has 3 nitrogen and oxygen atoms in total. The molecule has 17 heavy (non-hydrogen) atoms. The molecule has 1 aromatic rings. The molecule has 1 aliphatic heterocycles. The molecule has 0 aromatic carbocycles. The summed E-state index contributed by atoms with van der Waals surface area (Å²) < 4.78 is 13.6. The molecule has 0 spiro atoms. The van der Waals surface area contributed by atoms with E-state index in [1.807, 2.05) is 11.9 Å². The molecule has 2 rings (SSSR count). The van der Waals surface area contributed by atoms with Crippen LogP contribution < -0.4 is 10.2 Å². The molecule has 1 unspecified atom stereocenters. The quantitative estimate of drug-likeness (QED) is 0.872. The normalized spacial score (nSPS) is 19.4. The highest BCUT2D eigenvalue weighted by atomic mass is 19.1. The van der Waals surface area contributed by atoms with Crippen LogP contribution in [0.1, 0.15) is 19.8 Å². The van der Waals surface area contributed by atoms with Gasteiger partial charge in [0.25, 0.3) is 0 Å². The fourth-order valence-corrected chi connectivity index (χ4v) is 2.46. The zero-order chi connectivity index (χ0) is 12.3. The number of hydrogen-bond acceptors (Lipinski definition) is 3. The van der Waals surface area contributed by atoms with E-state index in [-0.39, 0.29) is 5.82 Å². The van der Waals surface area contributed by atoms with Crippen molar-refractivity contribution in [1.29, 1.82) is 0 Å². The van der Waals surface area contributed by atoms with Crippen LogP contribution in [0.3, 0.4) is 0 Å². The van der Waals surface area contributed by atoms with Gasteiger partial charge in [0.15, 0.2) is 11.6 Å². The summed E-state index contributed by atoms with van der Waals surface area (Å²) in [7, 11) is 2.00. The van der Waals surface area contributed by atoms with E-state index in [2.05, 4.69) is 17.2 Å². The van der Waals surface area contributed by atoms with Gasteiger partial charge in [0.1, 0.15) is 0 Å².